The summed E-state index contributed by atoms with van der Waals surface area (Å²) < 4.78 is 5.76. The Balaban J connectivity index is 1.81. The van der Waals surface area contributed by atoms with Gasteiger partial charge in [-0.1, -0.05) is 41.2 Å². The van der Waals surface area contributed by atoms with E-state index in [1.165, 1.54) is 38.5 Å². The molecule has 3 rings (SSSR count). The summed E-state index contributed by atoms with van der Waals surface area (Å²) in [6, 6.07) is 0. The third kappa shape index (κ3) is 3.03. The number of allylic oxidation sites excluding steroid dienone is 2. The van der Waals surface area contributed by atoms with Gasteiger partial charge >= 0.3 is 5.97 Å². The Labute approximate surface area is 140 Å². The van der Waals surface area contributed by atoms with Gasteiger partial charge in [-0.15, -0.1) is 0 Å². The van der Waals surface area contributed by atoms with Gasteiger partial charge in [-0.05, 0) is 44.4 Å². The Hall–Kier alpha value is -0.100. The molecule has 3 nitrogen and oxygen atoms in total. The highest BCUT2D eigenvalue weighted by Crippen LogP contribution is 2.53. The van der Waals surface area contributed by atoms with Crippen molar-refractivity contribution < 1.29 is 14.6 Å². The molecule has 1 saturated carbocycles. The lowest BCUT2D eigenvalue weighted by Gasteiger charge is -2.49. The molecular formula is C17H25IO3. The Morgan fingerprint density at radius 2 is 2.29 bits per heavy atom. The monoisotopic (exact) mass is 404 g/mol. The van der Waals surface area contributed by atoms with Crippen LogP contribution in [0.15, 0.2) is 11.6 Å². The van der Waals surface area contributed by atoms with Crippen LogP contribution >= 0.6 is 22.6 Å². The number of aliphatic hydroxyl groups excluding tert-OH is 1. The number of fused-ring (bicyclic) bond motifs is 1. The lowest BCUT2D eigenvalue weighted by atomic mass is 9.65. The zero-order valence-corrected chi connectivity index (χ0v) is 14.8. The van der Waals surface area contributed by atoms with Crippen LogP contribution < -0.4 is 0 Å². The summed E-state index contributed by atoms with van der Waals surface area (Å²) >= 11 is 2.65. The van der Waals surface area contributed by atoms with E-state index < -0.39 is 6.10 Å². The molecule has 0 radical (unpaired) electrons. The predicted molar refractivity (Wildman–Crippen MR) is 90.3 cm³/mol. The molecule has 1 N–H and O–H groups in total. The van der Waals surface area contributed by atoms with Gasteiger partial charge in [0.25, 0.3) is 0 Å². The average Bonchev–Trinajstić information content (AvgIpc) is 2.46. The first-order valence-corrected chi connectivity index (χ1v) is 9.34. The zero-order chi connectivity index (χ0) is 15.0. The first-order valence-electron chi connectivity index (χ1n) is 8.26. The quantitative estimate of drug-likeness (QED) is 0.330. The largest absolute Gasteiger partial charge is 0.462 e. The Morgan fingerprint density at radius 3 is 3.05 bits per heavy atom. The van der Waals surface area contributed by atoms with Crippen LogP contribution in [0.3, 0.4) is 0 Å². The summed E-state index contributed by atoms with van der Waals surface area (Å²) in [5.41, 5.74) is 1.64. The zero-order valence-electron chi connectivity index (χ0n) is 12.7. The molecule has 118 valence electrons. The number of hydrogen-bond donors (Lipinski definition) is 1. The standard InChI is InChI=1S/C17H25IO3/c1-11(15-9-13(19)10-16(20)21-15)17(18)8-4-6-12-5-2-3-7-14(12)17/h5,11,13-15,19H,2-4,6-10H2,1H3. The number of cyclic esters (lactones) is 1. The van der Waals surface area contributed by atoms with Crippen LogP contribution in [0.4, 0.5) is 0 Å². The highest BCUT2D eigenvalue weighted by Gasteiger charge is 2.49. The summed E-state index contributed by atoms with van der Waals surface area (Å²) in [6.07, 6.45) is 10.0. The van der Waals surface area contributed by atoms with Gasteiger partial charge in [0.15, 0.2) is 0 Å². The smallest absolute Gasteiger partial charge is 0.308 e. The van der Waals surface area contributed by atoms with E-state index in [9.17, 15) is 9.90 Å². The summed E-state index contributed by atoms with van der Waals surface area (Å²) in [7, 11) is 0. The van der Waals surface area contributed by atoms with Gasteiger partial charge in [-0.25, -0.2) is 0 Å². The van der Waals surface area contributed by atoms with Crippen molar-refractivity contribution in [2.45, 2.75) is 73.9 Å². The molecular weight excluding hydrogens is 379 g/mol. The van der Waals surface area contributed by atoms with Gasteiger partial charge in [0.1, 0.15) is 6.10 Å². The number of alkyl halides is 1. The van der Waals surface area contributed by atoms with E-state index in [0.717, 1.165) is 0 Å². The minimum absolute atomic E-state index is 0.126. The second-order valence-corrected chi connectivity index (χ2v) is 8.96. The second-order valence-electron chi connectivity index (χ2n) is 6.95. The fourth-order valence-corrected chi connectivity index (χ4v) is 5.96. The number of carbonyl (C=O) groups is 1. The van der Waals surface area contributed by atoms with Gasteiger partial charge in [0.2, 0.25) is 0 Å². The molecule has 0 bridgehead atoms. The maximum atomic E-state index is 11.7. The summed E-state index contributed by atoms with van der Waals surface area (Å²) in [4.78, 5) is 11.7. The summed E-state index contributed by atoms with van der Waals surface area (Å²) in [5.74, 6) is 0.693. The summed E-state index contributed by atoms with van der Waals surface area (Å²) in [5, 5.41) is 9.90. The van der Waals surface area contributed by atoms with Crippen molar-refractivity contribution in [3.05, 3.63) is 11.6 Å². The molecule has 5 atom stereocenters. The van der Waals surface area contributed by atoms with E-state index in [-0.39, 0.29) is 21.9 Å². The Kier molecular flexibility index (Phi) is 4.65. The molecule has 0 aromatic rings. The minimum Gasteiger partial charge on any atom is -0.462 e. The van der Waals surface area contributed by atoms with Crippen LogP contribution in [-0.4, -0.2) is 26.7 Å². The van der Waals surface area contributed by atoms with Crippen LogP contribution in [0.25, 0.3) is 0 Å². The summed E-state index contributed by atoms with van der Waals surface area (Å²) in [6.45, 7) is 2.22. The second kappa shape index (κ2) is 6.19. The first kappa shape index (κ1) is 15.8. The highest BCUT2D eigenvalue weighted by molar-refractivity contribution is 14.1. The number of ether oxygens (including phenoxy) is 1. The number of rotatable bonds is 2. The highest BCUT2D eigenvalue weighted by atomic mass is 127. The number of halogens is 1. The van der Waals surface area contributed by atoms with E-state index in [0.29, 0.717) is 18.3 Å². The van der Waals surface area contributed by atoms with Crippen LogP contribution in [0, 0.1) is 11.8 Å². The molecule has 0 amide bonds. The van der Waals surface area contributed by atoms with Crippen molar-refractivity contribution >= 4 is 28.6 Å². The van der Waals surface area contributed by atoms with Gasteiger partial charge in [0.05, 0.1) is 12.5 Å². The van der Waals surface area contributed by atoms with Gasteiger partial charge in [-0.3, -0.25) is 4.79 Å². The van der Waals surface area contributed by atoms with Gasteiger partial charge in [-0.2, -0.15) is 0 Å². The van der Waals surface area contributed by atoms with Gasteiger partial charge in [0, 0.05) is 15.8 Å². The topological polar surface area (TPSA) is 46.5 Å². The van der Waals surface area contributed by atoms with Crippen molar-refractivity contribution in [2.75, 3.05) is 0 Å². The molecule has 1 heterocycles. The third-order valence-corrected chi connectivity index (χ3v) is 7.93. The fourth-order valence-electron chi connectivity index (χ4n) is 4.47. The third-order valence-electron chi connectivity index (χ3n) is 5.66. The van der Waals surface area contributed by atoms with Crippen LogP contribution in [0.2, 0.25) is 0 Å². The lowest BCUT2D eigenvalue weighted by Crippen LogP contribution is -2.50. The lowest BCUT2D eigenvalue weighted by molar-refractivity contribution is -0.164. The first-order chi connectivity index (χ1) is 10.0. The number of aliphatic hydroxyl groups is 1. The maximum absolute atomic E-state index is 11.7. The SMILES string of the molecule is CC(C1CC(O)CC(=O)O1)C1(I)CCCC2=CCCCC21. The number of hydrogen-bond acceptors (Lipinski definition) is 3. The molecule has 2 fully saturated rings. The van der Waals surface area contributed by atoms with E-state index in [1.54, 1.807) is 5.57 Å². The van der Waals surface area contributed by atoms with E-state index in [2.05, 4.69) is 35.6 Å². The molecule has 0 spiro atoms. The van der Waals surface area contributed by atoms with Crippen molar-refractivity contribution in [2.24, 2.45) is 11.8 Å². The van der Waals surface area contributed by atoms with Crippen molar-refractivity contribution in [3.8, 4) is 0 Å². The molecule has 4 heteroatoms. The molecule has 5 unspecified atom stereocenters. The fraction of sp³-hybridized carbons (Fsp3) is 0.824. The number of carbonyl (C=O) groups excluding carboxylic acids is 1. The molecule has 3 aliphatic rings. The minimum atomic E-state index is -0.524. The van der Waals surface area contributed by atoms with Crippen LogP contribution in [0.5, 0.6) is 0 Å². The average molecular weight is 404 g/mol. The molecule has 1 aliphatic heterocycles. The van der Waals surface area contributed by atoms with Crippen molar-refractivity contribution in [1.29, 1.82) is 0 Å². The normalized spacial score (nSPS) is 41.8. The number of esters is 1. The van der Waals surface area contributed by atoms with Crippen molar-refractivity contribution in [1.82, 2.24) is 0 Å². The molecule has 2 aliphatic carbocycles. The maximum Gasteiger partial charge on any atom is 0.308 e. The molecule has 21 heavy (non-hydrogen) atoms. The predicted octanol–water partition coefficient (Wildman–Crippen LogP) is 3.77. The van der Waals surface area contributed by atoms with E-state index >= 15 is 0 Å². The van der Waals surface area contributed by atoms with Gasteiger partial charge < -0.3 is 9.84 Å². The van der Waals surface area contributed by atoms with Crippen molar-refractivity contribution in [3.63, 3.8) is 0 Å². The van der Waals surface area contributed by atoms with E-state index in [1.807, 2.05) is 0 Å². The molecule has 1 saturated heterocycles. The van der Waals surface area contributed by atoms with Crippen LogP contribution in [-0.2, 0) is 9.53 Å². The molecule has 0 aromatic heterocycles. The Morgan fingerprint density at radius 1 is 1.48 bits per heavy atom. The van der Waals surface area contributed by atoms with Crippen LogP contribution in [0.1, 0.15) is 58.3 Å². The molecule has 0 aromatic carbocycles. The Bertz CT molecular complexity index is 447. The van der Waals surface area contributed by atoms with E-state index in [4.69, 9.17) is 4.74 Å².